The van der Waals surface area contributed by atoms with E-state index in [1.807, 2.05) is 25.1 Å². The zero-order valence-electron chi connectivity index (χ0n) is 17.7. The average molecular weight is 526 g/mol. The van der Waals surface area contributed by atoms with E-state index in [0.717, 1.165) is 21.2 Å². The fourth-order valence-electron chi connectivity index (χ4n) is 3.44. The number of carbonyl (C=O) groups excluding carboxylic acids is 2. The first-order chi connectivity index (χ1) is 16.4. The molecular weight excluding hydrogens is 510 g/mol. The number of thiophene rings is 1. The van der Waals surface area contributed by atoms with Crippen LogP contribution in [0.15, 0.2) is 70.2 Å². The number of thioether (sulfide) groups is 1. The fourth-order valence-corrected chi connectivity index (χ4v) is 6.17. The number of thiocarbonyl (C=S) groups is 1. The van der Waals surface area contributed by atoms with E-state index in [-0.39, 0.29) is 5.91 Å². The van der Waals surface area contributed by atoms with Gasteiger partial charge in [0.15, 0.2) is 0 Å². The van der Waals surface area contributed by atoms with Crippen molar-refractivity contribution in [1.82, 2.24) is 4.90 Å². The van der Waals surface area contributed by atoms with E-state index >= 15 is 0 Å². The number of carbonyl (C=O) groups is 2. The minimum atomic E-state index is -0.504. The molecule has 0 spiro atoms. The molecule has 170 valence electrons. The molecule has 3 heterocycles. The van der Waals surface area contributed by atoms with Gasteiger partial charge in [-0.15, -0.1) is 11.3 Å². The number of fused-ring (bicyclic) bond motifs is 1. The molecule has 1 saturated heterocycles. The Labute approximate surface area is 214 Å². The number of esters is 1. The molecule has 0 aliphatic carbocycles. The van der Waals surface area contributed by atoms with Crippen LogP contribution in [0, 0.1) is 6.92 Å². The second-order valence-electron chi connectivity index (χ2n) is 7.55. The van der Waals surface area contributed by atoms with E-state index in [1.165, 1.54) is 28.0 Å². The third kappa shape index (κ3) is 4.54. The summed E-state index contributed by atoms with van der Waals surface area (Å²) in [5, 5.41) is 1.24. The van der Waals surface area contributed by atoms with E-state index in [1.54, 1.807) is 48.7 Å². The molecule has 0 N–H and O–H groups in total. The van der Waals surface area contributed by atoms with Gasteiger partial charge < -0.3 is 9.15 Å². The van der Waals surface area contributed by atoms with E-state index in [4.69, 9.17) is 33.0 Å². The molecule has 0 saturated carbocycles. The maximum Gasteiger partial charge on any atom is 0.355 e. The summed E-state index contributed by atoms with van der Waals surface area (Å²) in [5.74, 6) is 0.377. The highest BCUT2D eigenvalue weighted by molar-refractivity contribution is 8.26. The van der Waals surface area contributed by atoms with Gasteiger partial charge in [0.2, 0.25) is 0 Å². The van der Waals surface area contributed by atoms with Crippen molar-refractivity contribution in [2.45, 2.75) is 13.5 Å². The van der Waals surface area contributed by atoms with Crippen molar-refractivity contribution in [3.63, 3.8) is 0 Å². The Morgan fingerprint density at radius 3 is 2.74 bits per heavy atom. The highest BCUT2D eigenvalue weighted by atomic mass is 35.5. The lowest BCUT2D eigenvalue weighted by Crippen LogP contribution is -2.27. The highest BCUT2D eigenvalue weighted by Gasteiger charge is 2.32. The van der Waals surface area contributed by atoms with Gasteiger partial charge in [-0.1, -0.05) is 59.8 Å². The summed E-state index contributed by atoms with van der Waals surface area (Å²) in [6, 6.07) is 16.3. The molecule has 0 bridgehead atoms. The first-order valence-electron chi connectivity index (χ1n) is 10.2. The van der Waals surface area contributed by atoms with Crippen LogP contribution in [0.5, 0.6) is 5.75 Å². The van der Waals surface area contributed by atoms with Crippen LogP contribution in [-0.4, -0.2) is 21.1 Å². The number of aryl methyl sites for hydroxylation is 1. The molecule has 5 nitrogen and oxygen atoms in total. The predicted octanol–water partition coefficient (Wildman–Crippen LogP) is 7.08. The van der Waals surface area contributed by atoms with Crippen LogP contribution < -0.4 is 4.74 Å². The highest BCUT2D eigenvalue weighted by Crippen LogP contribution is 2.37. The molecule has 0 unspecified atom stereocenters. The van der Waals surface area contributed by atoms with Gasteiger partial charge in [0, 0.05) is 10.1 Å². The Bertz CT molecular complexity index is 1460. The van der Waals surface area contributed by atoms with Crippen LogP contribution in [0.1, 0.15) is 26.6 Å². The molecule has 0 radical (unpaired) electrons. The molecule has 9 heteroatoms. The van der Waals surface area contributed by atoms with Gasteiger partial charge in [-0.05, 0) is 54.5 Å². The molecule has 1 aliphatic heterocycles. The summed E-state index contributed by atoms with van der Waals surface area (Å²) < 4.78 is 12.3. The van der Waals surface area contributed by atoms with Crippen molar-refractivity contribution in [1.29, 1.82) is 0 Å². The second-order valence-corrected chi connectivity index (χ2v) is 10.7. The normalized spacial score (nSPS) is 15.0. The Morgan fingerprint density at radius 2 is 2.00 bits per heavy atom. The van der Waals surface area contributed by atoms with E-state index in [2.05, 4.69) is 0 Å². The largest absolute Gasteiger partial charge is 0.467 e. The molecule has 2 aromatic heterocycles. The molecule has 34 heavy (non-hydrogen) atoms. The van der Waals surface area contributed by atoms with Crippen molar-refractivity contribution in [3.8, 4) is 5.75 Å². The van der Waals surface area contributed by atoms with Crippen molar-refractivity contribution < 1.29 is 18.7 Å². The quantitative estimate of drug-likeness (QED) is 0.120. The number of hydrogen-bond donors (Lipinski definition) is 0. The number of hydrogen-bond acceptors (Lipinski definition) is 7. The van der Waals surface area contributed by atoms with Crippen LogP contribution >= 0.6 is 46.9 Å². The summed E-state index contributed by atoms with van der Waals surface area (Å²) in [5.41, 5.74) is 1.88. The maximum atomic E-state index is 12.8. The third-order valence-electron chi connectivity index (χ3n) is 5.13. The Hall–Kier alpha value is -2.91. The average Bonchev–Trinajstić information content (AvgIpc) is 3.51. The Balaban J connectivity index is 1.29. The van der Waals surface area contributed by atoms with Crippen molar-refractivity contribution in [3.05, 3.63) is 92.6 Å². The summed E-state index contributed by atoms with van der Waals surface area (Å²) in [7, 11) is 0. The number of rotatable bonds is 5. The molecule has 5 rings (SSSR count). The number of benzene rings is 2. The lowest BCUT2D eigenvalue weighted by atomic mass is 10.2. The van der Waals surface area contributed by atoms with E-state index < -0.39 is 5.97 Å². The van der Waals surface area contributed by atoms with Gasteiger partial charge in [-0.25, -0.2) is 4.79 Å². The summed E-state index contributed by atoms with van der Waals surface area (Å²) >= 11 is 14.3. The molecule has 1 fully saturated rings. The first-order valence-corrected chi connectivity index (χ1v) is 12.6. The Kier molecular flexibility index (Phi) is 6.31. The van der Waals surface area contributed by atoms with Crippen LogP contribution in [0.3, 0.4) is 0 Å². The second kappa shape index (κ2) is 9.38. The number of ether oxygens (including phenoxy) is 1. The van der Waals surface area contributed by atoms with Gasteiger partial charge >= 0.3 is 5.97 Å². The molecule has 1 aliphatic rings. The van der Waals surface area contributed by atoms with E-state index in [0.29, 0.717) is 37.2 Å². The molecular formula is C25H16ClNO4S3. The number of furan rings is 1. The van der Waals surface area contributed by atoms with Crippen LogP contribution in [0.4, 0.5) is 0 Å². The minimum Gasteiger partial charge on any atom is -0.467 e. The number of halogens is 1. The molecule has 2 aromatic carbocycles. The van der Waals surface area contributed by atoms with Crippen molar-refractivity contribution in [2.24, 2.45) is 0 Å². The SMILES string of the molecule is Cc1ccc2c(Cl)c(C(=O)Oc3ccc(C=C4SC(=S)N(Cc5ccco5)C4=O)cc3)sc2c1. The third-order valence-corrected chi connectivity index (χ3v) is 8.14. The zero-order valence-corrected chi connectivity index (χ0v) is 20.9. The summed E-state index contributed by atoms with van der Waals surface area (Å²) in [4.78, 5) is 27.9. The predicted molar refractivity (Wildman–Crippen MR) is 140 cm³/mol. The van der Waals surface area contributed by atoms with Crippen LogP contribution in [0.2, 0.25) is 5.02 Å². The summed E-state index contributed by atoms with van der Waals surface area (Å²) in [6.07, 6.45) is 3.32. The molecule has 0 atom stereocenters. The van der Waals surface area contributed by atoms with Gasteiger partial charge in [0.25, 0.3) is 5.91 Å². The molecule has 1 amide bonds. The Morgan fingerprint density at radius 1 is 1.21 bits per heavy atom. The van der Waals surface area contributed by atoms with Crippen LogP contribution in [-0.2, 0) is 11.3 Å². The van der Waals surface area contributed by atoms with E-state index in [9.17, 15) is 9.59 Å². The lowest BCUT2D eigenvalue weighted by Gasteiger charge is -2.11. The van der Waals surface area contributed by atoms with Gasteiger partial charge in [0.05, 0.1) is 22.7 Å². The smallest absolute Gasteiger partial charge is 0.355 e. The topological polar surface area (TPSA) is 59.8 Å². The zero-order chi connectivity index (χ0) is 23.8. The van der Waals surface area contributed by atoms with Gasteiger partial charge in [-0.2, -0.15) is 0 Å². The number of nitrogens with zero attached hydrogens (tertiary/aromatic N) is 1. The standard InChI is InChI=1S/C25H16ClNO4S3/c1-14-4-9-18-19(11-14)33-22(21(18)26)24(29)31-16-7-5-15(6-8-16)12-20-23(28)27(25(32)34-20)13-17-3-2-10-30-17/h2-12H,13H2,1H3. The van der Waals surface area contributed by atoms with Crippen LogP contribution in [0.25, 0.3) is 16.2 Å². The fraction of sp³-hybridized carbons (Fsp3) is 0.0800. The lowest BCUT2D eigenvalue weighted by molar-refractivity contribution is -0.122. The monoisotopic (exact) mass is 525 g/mol. The first kappa shape index (κ1) is 22.9. The van der Waals surface area contributed by atoms with Gasteiger partial charge in [-0.3, -0.25) is 9.69 Å². The number of amides is 1. The maximum absolute atomic E-state index is 12.8. The minimum absolute atomic E-state index is 0.170. The van der Waals surface area contributed by atoms with Crippen molar-refractivity contribution in [2.75, 3.05) is 0 Å². The summed E-state index contributed by atoms with van der Waals surface area (Å²) in [6.45, 7) is 2.29. The molecule has 4 aromatic rings. The van der Waals surface area contributed by atoms with Crippen molar-refractivity contribution >= 4 is 79.3 Å². The van der Waals surface area contributed by atoms with Gasteiger partial charge in [0.1, 0.15) is 20.7 Å².